The van der Waals surface area contributed by atoms with Gasteiger partial charge in [-0.2, -0.15) is 13.2 Å². The van der Waals surface area contributed by atoms with E-state index in [-0.39, 0.29) is 16.9 Å². The molecule has 10 heteroatoms. The van der Waals surface area contributed by atoms with E-state index < -0.39 is 29.0 Å². The molecule has 0 saturated heterocycles. The van der Waals surface area contributed by atoms with Gasteiger partial charge in [0.2, 0.25) is 5.91 Å². The first-order valence-corrected chi connectivity index (χ1v) is 8.87. The van der Waals surface area contributed by atoms with Gasteiger partial charge in [-0.3, -0.25) is 9.59 Å². The highest BCUT2D eigenvalue weighted by Crippen LogP contribution is 2.47. The fraction of sp³-hybridized carbons (Fsp3) is 0.316. The molecule has 1 aromatic heterocycles. The molecule has 2 aromatic rings. The summed E-state index contributed by atoms with van der Waals surface area (Å²) in [5, 5.41) is -0.847. The molecule has 2 unspecified atom stereocenters. The minimum atomic E-state index is -5.04. The van der Waals surface area contributed by atoms with Crippen LogP contribution < -0.4 is 10.8 Å². The number of hydroxylamine groups is 1. The molecule has 2 amide bonds. The summed E-state index contributed by atoms with van der Waals surface area (Å²) in [6, 6.07) is 10.2. The second-order valence-electron chi connectivity index (χ2n) is 6.37. The van der Waals surface area contributed by atoms with Crippen molar-refractivity contribution in [1.29, 1.82) is 0 Å². The number of hydrogen-bond donors (Lipinski definition) is 2. The number of pyridine rings is 1. The summed E-state index contributed by atoms with van der Waals surface area (Å²) < 4.78 is 41.4. The molecule has 0 aliphatic heterocycles. The number of carbonyl (C=O) groups excluding carboxylic acids is 2. The van der Waals surface area contributed by atoms with Crippen molar-refractivity contribution >= 4 is 29.2 Å². The Morgan fingerprint density at radius 3 is 2.34 bits per heavy atom. The van der Waals surface area contributed by atoms with Crippen LogP contribution in [0.5, 0.6) is 0 Å². The van der Waals surface area contributed by atoms with Crippen LogP contribution in [0.15, 0.2) is 42.5 Å². The summed E-state index contributed by atoms with van der Waals surface area (Å²) in [4.78, 5) is 32.1. The lowest BCUT2D eigenvalue weighted by Gasteiger charge is -2.34. The molecular formula is C19H19ClF3N3O3. The fourth-order valence-corrected chi connectivity index (χ4v) is 2.73. The molecule has 0 saturated carbocycles. The van der Waals surface area contributed by atoms with Crippen molar-refractivity contribution in [3.05, 3.63) is 59.3 Å². The topological polar surface area (TPSA) is 80.3 Å². The molecule has 0 spiro atoms. The molecule has 29 heavy (non-hydrogen) atoms. The Bertz CT molecular complexity index is 893. The van der Waals surface area contributed by atoms with Gasteiger partial charge >= 0.3 is 6.18 Å². The van der Waals surface area contributed by atoms with Crippen LogP contribution >= 0.6 is 11.6 Å². The number of aryl methyl sites for hydroxylation is 1. The summed E-state index contributed by atoms with van der Waals surface area (Å²) in [6.07, 6.45) is -5.04. The number of anilines is 1. The van der Waals surface area contributed by atoms with Gasteiger partial charge in [0.25, 0.3) is 11.0 Å². The highest BCUT2D eigenvalue weighted by Gasteiger charge is 2.60. The molecule has 2 rings (SSSR count). The Balaban J connectivity index is 2.32. The van der Waals surface area contributed by atoms with Gasteiger partial charge in [0.1, 0.15) is 5.82 Å². The van der Waals surface area contributed by atoms with Crippen LogP contribution in [0.25, 0.3) is 0 Å². The maximum atomic E-state index is 13.8. The summed E-state index contributed by atoms with van der Waals surface area (Å²) in [5.74, 6) is -2.69. The molecule has 1 aromatic carbocycles. The Morgan fingerprint density at radius 2 is 1.79 bits per heavy atom. The Morgan fingerprint density at radius 1 is 1.17 bits per heavy atom. The Labute approximate surface area is 170 Å². The molecule has 2 N–H and O–H groups in total. The number of aromatic nitrogens is 1. The second-order valence-corrected chi connectivity index (χ2v) is 6.93. The van der Waals surface area contributed by atoms with Crippen LogP contribution in [-0.2, 0) is 9.63 Å². The van der Waals surface area contributed by atoms with E-state index in [1.165, 1.54) is 38.1 Å². The lowest BCUT2D eigenvalue weighted by atomic mass is 9.94. The number of alkyl halides is 4. The summed E-state index contributed by atoms with van der Waals surface area (Å²) in [6.45, 7) is 4.00. The normalized spacial score (nSPS) is 14.6. The average molecular weight is 430 g/mol. The van der Waals surface area contributed by atoms with Crippen molar-refractivity contribution in [2.24, 2.45) is 0 Å². The number of rotatable bonds is 6. The number of hydrogen-bond acceptors (Lipinski definition) is 4. The van der Waals surface area contributed by atoms with E-state index in [0.717, 1.165) is 0 Å². The third-order valence-electron chi connectivity index (χ3n) is 4.05. The van der Waals surface area contributed by atoms with Crippen LogP contribution in [0, 0.1) is 6.92 Å². The number of carbonyl (C=O) groups is 2. The average Bonchev–Trinajstić information content (AvgIpc) is 2.64. The molecule has 0 fully saturated rings. The smallest absolute Gasteiger partial charge is 0.311 e. The molecule has 1 heterocycles. The van der Waals surface area contributed by atoms with Crippen molar-refractivity contribution in [3.8, 4) is 0 Å². The molecule has 0 aliphatic carbocycles. The fourth-order valence-electron chi connectivity index (χ4n) is 2.56. The van der Waals surface area contributed by atoms with E-state index in [1.807, 2.05) is 0 Å². The van der Waals surface area contributed by atoms with Gasteiger partial charge in [0.15, 0.2) is 0 Å². The number of nitrogens with zero attached hydrogens (tertiary/aromatic N) is 1. The summed E-state index contributed by atoms with van der Waals surface area (Å²) in [7, 11) is 0. The Hall–Kier alpha value is -2.65. The monoisotopic (exact) mass is 429 g/mol. The third-order valence-corrected chi connectivity index (χ3v) is 4.67. The summed E-state index contributed by atoms with van der Waals surface area (Å²) in [5.41, 5.74) is 2.37. The SMILES string of the molecule is CC(=O)Nc1cc(C(C)C(Cl)(ONC(=O)c2ccccc2)C(F)(F)F)cc(C)n1. The Kier molecular flexibility index (Phi) is 6.86. The van der Waals surface area contributed by atoms with Crippen LogP contribution in [0.2, 0.25) is 0 Å². The zero-order valence-corrected chi connectivity index (χ0v) is 16.6. The molecule has 156 valence electrons. The standard InChI is InChI=1S/C19H19ClF3N3O3/c1-11-9-15(10-16(24-11)25-13(3)27)12(2)18(20,19(21,22)23)29-26-17(28)14-7-5-4-6-8-14/h4-10,12H,1-3H3,(H,26,28)(H,24,25,27). The van der Waals surface area contributed by atoms with Crippen molar-refractivity contribution in [2.45, 2.75) is 37.9 Å². The van der Waals surface area contributed by atoms with Gasteiger partial charge < -0.3 is 5.32 Å². The van der Waals surface area contributed by atoms with Gasteiger partial charge in [-0.15, -0.1) is 0 Å². The van der Waals surface area contributed by atoms with Gasteiger partial charge in [-0.05, 0) is 36.8 Å². The lowest BCUT2D eigenvalue weighted by Crippen LogP contribution is -2.50. The van der Waals surface area contributed by atoms with Crippen LogP contribution in [0.1, 0.15) is 41.4 Å². The zero-order chi connectivity index (χ0) is 21.8. The lowest BCUT2D eigenvalue weighted by molar-refractivity contribution is -0.260. The molecule has 0 radical (unpaired) electrons. The quantitative estimate of drug-likeness (QED) is 0.529. The largest absolute Gasteiger partial charge is 0.434 e. The van der Waals surface area contributed by atoms with Crippen molar-refractivity contribution in [1.82, 2.24) is 10.5 Å². The number of nitrogens with one attached hydrogen (secondary N) is 2. The van der Waals surface area contributed by atoms with E-state index in [9.17, 15) is 22.8 Å². The van der Waals surface area contributed by atoms with Crippen LogP contribution in [0.4, 0.5) is 19.0 Å². The maximum absolute atomic E-state index is 13.8. The molecule has 0 bridgehead atoms. The van der Waals surface area contributed by atoms with E-state index in [1.54, 1.807) is 30.6 Å². The zero-order valence-electron chi connectivity index (χ0n) is 15.8. The van der Waals surface area contributed by atoms with Gasteiger partial charge in [0, 0.05) is 24.1 Å². The van der Waals surface area contributed by atoms with Crippen LogP contribution in [-0.4, -0.2) is 28.0 Å². The van der Waals surface area contributed by atoms with E-state index >= 15 is 0 Å². The number of halogens is 4. The number of amides is 2. The van der Waals surface area contributed by atoms with Crippen molar-refractivity contribution in [3.63, 3.8) is 0 Å². The number of benzene rings is 1. The van der Waals surface area contributed by atoms with Crippen molar-refractivity contribution < 1.29 is 27.6 Å². The van der Waals surface area contributed by atoms with Gasteiger partial charge in [0.05, 0.1) is 0 Å². The molecular weight excluding hydrogens is 411 g/mol. The highest BCUT2D eigenvalue weighted by atomic mass is 35.5. The van der Waals surface area contributed by atoms with E-state index in [2.05, 4.69) is 10.3 Å². The third kappa shape index (κ3) is 5.45. The minimum Gasteiger partial charge on any atom is -0.311 e. The molecule has 0 aliphatic rings. The van der Waals surface area contributed by atoms with Crippen molar-refractivity contribution in [2.75, 3.05) is 5.32 Å². The molecule has 6 nitrogen and oxygen atoms in total. The van der Waals surface area contributed by atoms with E-state index in [4.69, 9.17) is 16.4 Å². The predicted molar refractivity (Wildman–Crippen MR) is 101 cm³/mol. The second kappa shape index (κ2) is 8.79. The first-order valence-electron chi connectivity index (χ1n) is 8.49. The molecule has 2 atom stereocenters. The van der Waals surface area contributed by atoms with Gasteiger partial charge in [-0.1, -0.05) is 36.7 Å². The first kappa shape index (κ1) is 22.6. The maximum Gasteiger partial charge on any atom is 0.434 e. The minimum absolute atomic E-state index is 0.0777. The predicted octanol–water partition coefficient (Wildman–Crippen LogP) is 4.31. The highest BCUT2D eigenvalue weighted by molar-refractivity contribution is 6.24. The first-order chi connectivity index (χ1) is 13.4. The van der Waals surface area contributed by atoms with E-state index in [0.29, 0.717) is 5.69 Å². The van der Waals surface area contributed by atoms with Crippen LogP contribution in [0.3, 0.4) is 0 Å². The van der Waals surface area contributed by atoms with Gasteiger partial charge in [-0.25, -0.2) is 15.3 Å². The summed E-state index contributed by atoms with van der Waals surface area (Å²) >= 11 is 5.87.